The largest absolute Gasteiger partial charge is 0.378 e. The van der Waals surface area contributed by atoms with E-state index in [2.05, 4.69) is 79.9 Å². The van der Waals surface area contributed by atoms with E-state index >= 15 is 0 Å². The molecule has 0 spiro atoms. The molecule has 3 aliphatic rings. The van der Waals surface area contributed by atoms with Gasteiger partial charge in [-0.15, -0.1) is 0 Å². The highest BCUT2D eigenvalue weighted by molar-refractivity contribution is 6.07. The number of nitrogens with one attached hydrogen (secondary N) is 1. The molecule has 1 N–H and O–H groups in total. The summed E-state index contributed by atoms with van der Waals surface area (Å²) >= 11 is 0. The lowest BCUT2D eigenvalue weighted by Gasteiger charge is -2.36. The highest BCUT2D eigenvalue weighted by Gasteiger charge is 2.45. The van der Waals surface area contributed by atoms with Gasteiger partial charge >= 0.3 is 0 Å². The van der Waals surface area contributed by atoms with Gasteiger partial charge in [-0.25, -0.2) is 4.98 Å². The average Bonchev–Trinajstić information content (AvgIpc) is 3.42. The van der Waals surface area contributed by atoms with E-state index < -0.39 is 5.41 Å². The molecule has 1 aliphatic carbocycles. The van der Waals surface area contributed by atoms with Gasteiger partial charge in [0.15, 0.2) is 0 Å². The maximum atomic E-state index is 14.0. The lowest BCUT2D eigenvalue weighted by Crippen LogP contribution is -2.38. The minimum Gasteiger partial charge on any atom is -0.378 e. The van der Waals surface area contributed by atoms with E-state index in [4.69, 9.17) is 4.98 Å². The minimum atomic E-state index is -0.544. The topological polar surface area (TPSA) is 46.9 Å². The molecule has 160 valence electrons. The van der Waals surface area contributed by atoms with Crippen molar-refractivity contribution in [2.24, 2.45) is 0 Å². The molecule has 0 fully saturated rings. The van der Waals surface area contributed by atoms with Crippen LogP contribution in [0.25, 0.3) is 11.0 Å². The number of allylic oxidation sites excluding steroid dienone is 2. The van der Waals surface area contributed by atoms with E-state index in [-0.39, 0.29) is 17.9 Å². The molecular formula is C29H23N3O. The molecule has 3 unspecified atom stereocenters. The van der Waals surface area contributed by atoms with Gasteiger partial charge in [-0.05, 0) is 43.2 Å². The molecule has 33 heavy (non-hydrogen) atoms. The molecule has 4 nitrogen and oxygen atoms in total. The number of rotatable bonds is 1. The fourth-order valence-corrected chi connectivity index (χ4v) is 5.91. The highest BCUT2D eigenvalue weighted by Crippen LogP contribution is 2.48. The Morgan fingerprint density at radius 2 is 1.76 bits per heavy atom. The third kappa shape index (κ3) is 2.30. The monoisotopic (exact) mass is 429 g/mol. The van der Waals surface area contributed by atoms with Gasteiger partial charge in [0.2, 0.25) is 0 Å². The molecule has 1 aromatic heterocycles. The van der Waals surface area contributed by atoms with Crippen molar-refractivity contribution in [3.05, 3.63) is 119 Å². The summed E-state index contributed by atoms with van der Waals surface area (Å²) in [5, 5.41) is 3.63. The van der Waals surface area contributed by atoms with Crippen molar-refractivity contribution in [1.29, 1.82) is 0 Å². The number of benzene rings is 3. The molecular weight excluding hydrogens is 406 g/mol. The van der Waals surface area contributed by atoms with Crippen molar-refractivity contribution in [3.8, 4) is 0 Å². The summed E-state index contributed by atoms with van der Waals surface area (Å²) < 4.78 is 1.90. The number of hydrogen-bond donors (Lipinski definition) is 1. The normalized spacial score (nSPS) is 24.2. The predicted molar refractivity (Wildman–Crippen MR) is 131 cm³/mol. The van der Waals surface area contributed by atoms with E-state index in [9.17, 15) is 4.79 Å². The van der Waals surface area contributed by atoms with Crippen LogP contribution in [0.1, 0.15) is 51.3 Å². The maximum Gasteiger partial charge on any atom is 0.264 e. The first-order valence-electron chi connectivity index (χ1n) is 11.5. The number of anilines is 1. The molecule has 0 saturated heterocycles. The van der Waals surface area contributed by atoms with Gasteiger partial charge in [0.25, 0.3) is 5.91 Å². The molecule has 0 radical (unpaired) electrons. The Kier molecular flexibility index (Phi) is 3.57. The summed E-state index contributed by atoms with van der Waals surface area (Å²) in [6, 6.07) is 21.0. The second-order valence-electron chi connectivity index (χ2n) is 9.47. The zero-order valence-corrected chi connectivity index (χ0v) is 18.5. The molecule has 4 heteroatoms. The average molecular weight is 430 g/mol. The van der Waals surface area contributed by atoms with E-state index in [1.54, 1.807) is 0 Å². The van der Waals surface area contributed by atoms with E-state index in [0.717, 1.165) is 44.8 Å². The zero-order chi connectivity index (χ0) is 22.3. The van der Waals surface area contributed by atoms with Crippen molar-refractivity contribution < 1.29 is 4.79 Å². The SMILES string of the molecule is Cc1ccc(C2(C)c3ccccc3C(=O)n3c2nc2ccc4c(c23)C2C=CC=CC2N4)cc1. The van der Waals surface area contributed by atoms with Gasteiger partial charge in [-0.1, -0.05) is 72.3 Å². The first kappa shape index (κ1) is 18.6. The van der Waals surface area contributed by atoms with Gasteiger partial charge in [0.05, 0.1) is 22.5 Å². The second kappa shape index (κ2) is 6.32. The number of imidazole rings is 1. The quantitative estimate of drug-likeness (QED) is 0.422. The van der Waals surface area contributed by atoms with Crippen LogP contribution in [0.15, 0.2) is 85.0 Å². The molecule has 0 bridgehead atoms. The molecule has 3 heterocycles. The fourth-order valence-electron chi connectivity index (χ4n) is 5.91. The van der Waals surface area contributed by atoms with Crippen LogP contribution in [0.2, 0.25) is 0 Å². The molecule has 7 rings (SSSR count). The van der Waals surface area contributed by atoms with Gasteiger partial charge < -0.3 is 5.32 Å². The number of aromatic nitrogens is 2. The Balaban J connectivity index is 1.59. The van der Waals surface area contributed by atoms with Gasteiger partial charge in [0, 0.05) is 22.7 Å². The summed E-state index contributed by atoms with van der Waals surface area (Å²) in [7, 11) is 0. The van der Waals surface area contributed by atoms with E-state index in [1.165, 1.54) is 5.56 Å². The Morgan fingerprint density at radius 1 is 0.970 bits per heavy atom. The van der Waals surface area contributed by atoms with Gasteiger partial charge in [-0.2, -0.15) is 0 Å². The highest BCUT2D eigenvalue weighted by atomic mass is 16.2. The van der Waals surface area contributed by atoms with Crippen LogP contribution in [0, 0.1) is 6.92 Å². The number of hydrogen-bond acceptors (Lipinski definition) is 3. The van der Waals surface area contributed by atoms with Gasteiger partial charge in [0.1, 0.15) is 5.82 Å². The summed E-state index contributed by atoms with van der Waals surface area (Å²) in [6.45, 7) is 4.30. The fraction of sp³-hybridized carbons (Fsp3) is 0.172. The molecule has 2 aliphatic heterocycles. The summed E-state index contributed by atoms with van der Waals surface area (Å²) in [4.78, 5) is 19.1. The number of carbonyl (C=O) groups is 1. The number of nitrogens with zero attached hydrogens (tertiary/aromatic N) is 2. The lowest BCUT2D eigenvalue weighted by atomic mass is 9.71. The van der Waals surface area contributed by atoms with Crippen LogP contribution in [0.5, 0.6) is 0 Å². The lowest BCUT2D eigenvalue weighted by molar-refractivity contribution is 0.0949. The first-order chi connectivity index (χ1) is 16.1. The van der Waals surface area contributed by atoms with Crippen LogP contribution in [0.3, 0.4) is 0 Å². The van der Waals surface area contributed by atoms with Crippen LogP contribution >= 0.6 is 0 Å². The summed E-state index contributed by atoms with van der Waals surface area (Å²) in [5.41, 5.74) is 7.60. The molecule has 3 atom stereocenters. The summed E-state index contributed by atoms with van der Waals surface area (Å²) in [6.07, 6.45) is 8.59. The number of carbonyl (C=O) groups excluding carboxylic acids is 1. The third-order valence-electron chi connectivity index (χ3n) is 7.62. The first-order valence-corrected chi connectivity index (χ1v) is 11.5. The van der Waals surface area contributed by atoms with E-state index in [1.807, 2.05) is 28.8 Å². The Hall–Kier alpha value is -3.92. The van der Waals surface area contributed by atoms with Crippen molar-refractivity contribution in [1.82, 2.24) is 9.55 Å². The van der Waals surface area contributed by atoms with Crippen LogP contribution in [-0.2, 0) is 5.41 Å². The number of aryl methyl sites for hydroxylation is 1. The Bertz CT molecular complexity index is 1540. The second-order valence-corrected chi connectivity index (χ2v) is 9.47. The molecule has 0 amide bonds. The summed E-state index contributed by atoms with van der Waals surface area (Å²) in [5.74, 6) is 0.974. The van der Waals surface area contributed by atoms with Crippen molar-refractivity contribution in [2.45, 2.75) is 31.2 Å². The van der Waals surface area contributed by atoms with Gasteiger partial charge in [-0.3, -0.25) is 9.36 Å². The van der Waals surface area contributed by atoms with Crippen molar-refractivity contribution in [2.75, 3.05) is 5.32 Å². The van der Waals surface area contributed by atoms with Crippen LogP contribution in [0.4, 0.5) is 5.69 Å². The molecule has 3 aromatic carbocycles. The van der Waals surface area contributed by atoms with Crippen molar-refractivity contribution in [3.63, 3.8) is 0 Å². The smallest absolute Gasteiger partial charge is 0.264 e. The third-order valence-corrected chi connectivity index (χ3v) is 7.62. The number of fused-ring (bicyclic) bond motifs is 8. The standard InChI is InChI=1S/C29H23N3O/c1-17-11-13-18(14-12-17)29(2)21-9-5-3-7-19(21)27(33)32-26-24(31-28(29)32)16-15-23-25(26)20-8-4-6-10-22(20)30-23/h3-16,20,22,30H,1-2H3. The maximum absolute atomic E-state index is 14.0. The van der Waals surface area contributed by atoms with Crippen LogP contribution in [-0.4, -0.2) is 21.5 Å². The Labute approximate surface area is 192 Å². The predicted octanol–water partition coefficient (Wildman–Crippen LogP) is 5.70. The minimum absolute atomic E-state index is 0.000122. The molecule has 0 saturated carbocycles. The van der Waals surface area contributed by atoms with Crippen molar-refractivity contribution >= 4 is 22.6 Å². The van der Waals surface area contributed by atoms with Crippen LogP contribution < -0.4 is 5.32 Å². The molecule has 4 aromatic rings. The van der Waals surface area contributed by atoms with E-state index in [0.29, 0.717) is 0 Å². The zero-order valence-electron chi connectivity index (χ0n) is 18.5. The Morgan fingerprint density at radius 3 is 2.61 bits per heavy atom.